The van der Waals surface area contributed by atoms with Gasteiger partial charge in [0.2, 0.25) is 6.29 Å². The van der Waals surface area contributed by atoms with Gasteiger partial charge < -0.3 is 52.5 Å². The summed E-state index contributed by atoms with van der Waals surface area (Å²) in [5, 5.41) is 11.7. The molecular weight excluding hydrogens is 660 g/mol. The Balaban J connectivity index is 1.26. The Morgan fingerprint density at radius 1 is 0.824 bits per heavy atom. The molecule has 0 aliphatic carbocycles. The molecule has 51 heavy (non-hydrogen) atoms. The van der Waals surface area contributed by atoms with Crippen molar-refractivity contribution in [2.24, 2.45) is 0 Å². The Bertz CT molecular complexity index is 1370. The van der Waals surface area contributed by atoms with Crippen LogP contribution in [0.3, 0.4) is 0 Å². The number of fused-ring (bicyclic) bond motifs is 1. The van der Waals surface area contributed by atoms with Crippen LogP contribution in [-0.4, -0.2) is 91.2 Å². The molecule has 4 heterocycles. The summed E-state index contributed by atoms with van der Waals surface area (Å²) in [5.41, 5.74) is 1.76. The minimum Gasteiger partial charge on any atom is -0.454 e. The van der Waals surface area contributed by atoms with E-state index >= 15 is 0 Å². The lowest BCUT2D eigenvalue weighted by Crippen LogP contribution is -2.64. The van der Waals surface area contributed by atoms with E-state index < -0.39 is 79.1 Å². The van der Waals surface area contributed by atoms with Crippen molar-refractivity contribution in [1.29, 1.82) is 0 Å². The minimum atomic E-state index is -1.57. The zero-order valence-corrected chi connectivity index (χ0v) is 30.3. The number of aliphatic hydroxyl groups excluding tert-OH is 1. The van der Waals surface area contributed by atoms with Gasteiger partial charge >= 0.3 is 5.97 Å². The van der Waals surface area contributed by atoms with Gasteiger partial charge in [0.1, 0.15) is 36.6 Å². The van der Waals surface area contributed by atoms with E-state index in [9.17, 15) is 9.90 Å². The third-order valence-electron chi connectivity index (χ3n) is 9.51. The van der Waals surface area contributed by atoms with Gasteiger partial charge in [-0.15, -0.1) is 0 Å². The number of esters is 1. The van der Waals surface area contributed by atoms with Crippen LogP contribution in [0.1, 0.15) is 90.6 Å². The van der Waals surface area contributed by atoms with E-state index in [0.29, 0.717) is 6.42 Å². The summed E-state index contributed by atoms with van der Waals surface area (Å²) >= 11 is 0. The molecule has 4 aliphatic heterocycles. The number of benzene rings is 2. The lowest BCUT2D eigenvalue weighted by atomic mass is 9.96. The van der Waals surface area contributed by atoms with Crippen molar-refractivity contribution in [3.63, 3.8) is 0 Å². The van der Waals surface area contributed by atoms with Crippen molar-refractivity contribution in [2.45, 2.75) is 153 Å². The first-order valence-corrected chi connectivity index (χ1v) is 18.4. The fraction of sp³-hybridized carbons (Fsp3) is 0.667. The number of hydrogen-bond donors (Lipinski definition) is 1. The second-order valence-electron chi connectivity index (χ2n) is 14.6. The highest BCUT2D eigenvalue weighted by atomic mass is 16.8. The number of carbonyl (C=O) groups is 1. The first-order chi connectivity index (χ1) is 24.5. The van der Waals surface area contributed by atoms with Crippen LogP contribution < -0.4 is 0 Å². The highest BCUT2D eigenvalue weighted by molar-refractivity contribution is 5.69. The molecule has 282 valence electrons. The van der Waals surface area contributed by atoms with Crippen LogP contribution in [0.15, 0.2) is 60.7 Å². The molecule has 4 saturated heterocycles. The molecule has 2 aromatic carbocycles. The first kappa shape index (κ1) is 38.2. The maximum Gasteiger partial charge on any atom is 0.306 e. The Kier molecular flexibility index (Phi) is 12.8. The van der Waals surface area contributed by atoms with Crippen molar-refractivity contribution < 1.29 is 57.3 Å². The molecule has 4 aliphatic rings. The van der Waals surface area contributed by atoms with Gasteiger partial charge in [0.05, 0.1) is 19.8 Å². The topological polar surface area (TPSA) is 130 Å². The van der Waals surface area contributed by atoms with Crippen molar-refractivity contribution >= 4 is 5.97 Å². The normalized spacial score (nSPS) is 33.4. The van der Waals surface area contributed by atoms with Gasteiger partial charge in [0, 0.05) is 12.0 Å². The smallest absolute Gasteiger partial charge is 0.306 e. The predicted octanol–water partition coefficient (Wildman–Crippen LogP) is 5.69. The van der Waals surface area contributed by atoms with Gasteiger partial charge in [-0.25, -0.2) is 0 Å². The molecule has 2 unspecified atom stereocenters. The Morgan fingerprint density at radius 2 is 1.55 bits per heavy atom. The molecule has 0 spiro atoms. The summed E-state index contributed by atoms with van der Waals surface area (Å²) in [6, 6.07) is 19.3. The summed E-state index contributed by atoms with van der Waals surface area (Å²) in [6.45, 7) is 9.90. The van der Waals surface area contributed by atoms with E-state index in [0.717, 1.165) is 36.8 Å². The molecule has 2 aromatic rings. The average Bonchev–Trinajstić information content (AvgIpc) is 3.65. The van der Waals surface area contributed by atoms with Crippen LogP contribution in [0.5, 0.6) is 0 Å². The van der Waals surface area contributed by atoms with E-state index in [1.807, 2.05) is 74.5 Å². The maximum absolute atomic E-state index is 13.5. The highest BCUT2D eigenvalue weighted by Gasteiger charge is 2.56. The number of aliphatic hydroxyl groups is 1. The summed E-state index contributed by atoms with van der Waals surface area (Å²) in [6.07, 6.45) is -4.01. The molecule has 12 heteroatoms. The molecule has 0 bridgehead atoms. The van der Waals surface area contributed by atoms with Crippen molar-refractivity contribution in [1.82, 2.24) is 0 Å². The standard InChI is InChI=1S/C39H54O12/c1-6-7-8-9-16-21-29(40)46-34-32(42-22-25-17-12-10-13-18-25)30-27(23-43-36(47-30)26-19-14-11-15-20-26)45-37(34)48-35(41)33-31(50-39(4,5)51-33)28-24-44-38(2,3)49-28/h10-15,17-20,27-28,30-37,41H,6-9,16,21-24H2,1-5H3/t27-,28+,30-,31+,32+,33+,34+,35?,36?,37+/m1/s1. The first-order valence-electron chi connectivity index (χ1n) is 18.4. The molecular formula is C39H54O12. The van der Waals surface area contributed by atoms with Gasteiger partial charge in [0.25, 0.3) is 0 Å². The Morgan fingerprint density at radius 3 is 2.25 bits per heavy atom. The SMILES string of the molecule is CCCCCCCC(=O)O[C@@H]1[C@H](OC(O)[C@H]2OC(C)(C)O[C@H]2[C@@H]2COC(C)(C)O2)O[C@@H]2COC(c3ccccc3)O[C@H]2[C@@H]1OCc1ccccc1. The zero-order chi connectivity index (χ0) is 36.0. The van der Waals surface area contributed by atoms with Crippen LogP contribution in [-0.2, 0) is 58.8 Å². The van der Waals surface area contributed by atoms with Crippen molar-refractivity contribution in [3.05, 3.63) is 71.8 Å². The van der Waals surface area contributed by atoms with Gasteiger partial charge in [-0.3, -0.25) is 4.79 Å². The third-order valence-corrected chi connectivity index (χ3v) is 9.51. The second-order valence-corrected chi connectivity index (χ2v) is 14.6. The Hall–Kier alpha value is -2.49. The molecule has 6 rings (SSSR count). The summed E-state index contributed by atoms with van der Waals surface area (Å²) in [5.74, 6) is -2.28. The monoisotopic (exact) mass is 714 g/mol. The largest absolute Gasteiger partial charge is 0.454 e. The molecule has 10 atom stereocenters. The van der Waals surface area contributed by atoms with Crippen LogP contribution in [0.25, 0.3) is 0 Å². The molecule has 0 radical (unpaired) electrons. The molecule has 4 fully saturated rings. The van der Waals surface area contributed by atoms with Crippen LogP contribution in [0, 0.1) is 0 Å². The zero-order valence-electron chi connectivity index (χ0n) is 30.3. The van der Waals surface area contributed by atoms with E-state index in [-0.39, 0.29) is 26.2 Å². The minimum absolute atomic E-state index is 0.143. The van der Waals surface area contributed by atoms with Crippen LogP contribution in [0.4, 0.5) is 0 Å². The number of hydrogen-bond acceptors (Lipinski definition) is 12. The van der Waals surface area contributed by atoms with Crippen LogP contribution in [0.2, 0.25) is 0 Å². The van der Waals surface area contributed by atoms with Crippen LogP contribution >= 0.6 is 0 Å². The van der Waals surface area contributed by atoms with Crippen molar-refractivity contribution in [3.8, 4) is 0 Å². The number of rotatable bonds is 15. The van der Waals surface area contributed by atoms with E-state index in [1.165, 1.54) is 0 Å². The molecule has 12 nitrogen and oxygen atoms in total. The molecule has 0 amide bonds. The van der Waals surface area contributed by atoms with Gasteiger partial charge in [0.15, 0.2) is 30.3 Å². The van der Waals surface area contributed by atoms with Gasteiger partial charge in [-0.05, 0) is 39.7 Å². The quantitative estimate of drug-likeness (QED) is 0.138. The summed E-state index contributed by atoms with van der Waals surface area (Å²) in [4.78, 5) is 13.5. The average molecular weight is 715 g/mol. The molecule has 0 aromatic heterocycles. The molecule has 0 saturated carbocycles. The number of unbranched alkanes of at least 4 members (excludes halogenated alkanes) is 4. The fourth-order valence-electron chi connectivity index (χ4n) is 7.02. The van der Waals surface area contributed by atoms with Gasteiger partial charge in [-0.1, -0.05) is 93.3 Å². The second kappa shape index (κ2) is 17.1. The highest BCUT2D eigenvalue weighted by Crippen LogP contribution is 2.40. The maximum atomic E-state index is 13.5. The molecule has 1 N–H and O–H groups in total. The lowest BCUT2D eigenvalue weighted by molar-refractivity contribution is -0.386. The van der Waals surface area contributed by atoms with Gasteiger partial charge in [-0.2, -0.15) is 0 Å². The summed E-state index contributed by atoms with van der Waals surface area (Å²) < 4.78 is 62.5. The Labute approximate surface area is 300 Å². The van der Waals surface area contributed by atoms with E-state index in [2.05, 4.69) is 6.92 Å². The van der Waals surface area contributed by atoms with E-state index in [4.69, 9.17) is 47.4 Å². The number of carbonyl (C=O) groups excluding carboxylic acids is 1. The summed E-state index contributed by atoms with van der Waals surface area (Å²) in [7, 11) is 0. The van der Waals surface area contributed by atoms with E-state index in [1.54, 1.807) is 13.8 Å². The third kappa shape index (κ3) is 9.94. The predicted molar refractivity (Wildman–Crippen MR) is 183 cm³/mol. The van der Waals surface area contributed by atoms with Crippen molar-refractivity contribution in [2.75, 3.05) is 13.2 Å². The number of ether oxygens (including phenoxy) is 10. The lowest BCUT2D eigenvalue weighted by Gasteiger charge is -2.49. The fourth-order valence-corrected chi connectivity index (χ4v) is 7.02.